The third kappa shape index (κ3) is 2.18. The zero-order chi connectivity index (χ0) is 13.3. The Balaban J connectivity index is 2.00. The Morgan fingerprint density at radius 3 is 2.61 bits per heavy atom. The van der Waals surface area contributed by atoms with Crippen LogP contribution < -0.4 is 11.1 Å². The highest BCUT2D eigenvalue weighted by Crippen LogP contribution is 2.46. The molecule has 5 nitrogen and oxygen atoms in total. The van der Waals surface area contributed by atoms with Gasteiger partial charge < -0.3 is 16.3 Å². The molecule has 4 N–H and O–H groups in total. The fourth-order valence-electron chi connectivity index (χ4n) is 2.91. The lowest BCUT2D eigenvalue weighted by molar-refractivity contribution is -0.125. The maximum atomic E-state index is 12.3. The molecule has 2 rings (SSSR count). The molecule has 0 aromatic rings. The number of amidine groups is 1. The van der Waals surface area contributed by atoms with E-state index in [9.17, 15) is 4.79 Å². The highest BCUT2D eigenvalue weighted by Gasteiger charge is 2.54. The van der Waals surface area contributed by atoms with Crippen LogP contribution in [0.25, 0.3) is 0 Å². The van der Waals surface area contributed by atoms with Crippen molar-refractivity contribution >= 4 is 11.7 Å². The maximum absolute atomic E-state index is 12.3. The zero-order valence-electron chi connectivity index (χ0n) is 11.1. The summed E-state index contributed by atoms with van der Waals surface area (Å²) in [6.07, 6.45) is 4.80. The van der Waals surface area contributed by atoms with E-state index >= 15 is 0 Å². The van der Waals surface area contributed by atoms with Crippen molar-refractivity contribution in [1.82, 2.24) is 5.32 Å². The van der Waals surface area contributed by atoms with Crippen LogP contribution in [-0.2, 0) is 4.79 Å². The van der Waals surface area contributed by atoms with Gasteiger partial charge in [0, 0.05) is 6.04 Å². The molecular weight excluding hydrogens is 230 g/mol. The lowest BCUT2D eigenvalue weighted by atomic mass is 9.78. The molecule has 0 aromatic carbocycles. The summed E-state index contributed by atoms with van der Waals surface area (Å²) in [5.74, 6) is 1.12. The lowest BCUT2D eigenvalue weighted by Gasteiger charge is -2.35. The van der Waals surface area contributed by atoms with Crippen LogP contribution in [0.3, 0.4) is 0 Å². The van der Waals surface area contributed by atoms with Crippen molar-refractivity contribution in [2.24, 2.45) is 28.1 Å². The minimum absolute atomic E-state index is 0.0523. The van der Waals surface area contributed by atoms with E-state index in [4.69, 9.17) is 10.9 Å². The predicted octanol–water partition coefficient (Wildman–Crippen LogP) is 1.45. The van der Waals surface area contributed by atoms with Crippen LogP contribution in [-0.4, -0.2) is 23.0 Å². The Bertz CT molecular complexity index is 363. The second kappa shape index (κ2) is 4.78. The highest BCUT2D eigenvalue weighted by atomic mass is 16.4. The van der Waals surface area contributed by atoms with Crippen LogP contribution in [0.2, 0.25) is 0 Å². The molecule has 0 heterocycles. The van der Waals surface area contributed by atoms with Gasteiger partial charge in [-0.3, -0.25) is 4.79 Å². The third-order valence-corrected chi connectivity index (χ3v) is 4.81. The Morgan fingerprint density at radius 2 is 2.06 bits per heavy atom. The minimum atomic E-state index is -0.727. The largest absolute Gasteiger partial charge is 0.409 e. The number of hydrogen-bond donors (Lipinski definition) is 3. The minimum Gasteiger partial charge on any atom is -0.409 e. The van der Waals surface area contributed by atoms with E-state index in [1.807, 2.05) is 0 Å². The molecule has 102 valence electrons. The van der Waals surface area contributed by atoms with E-state index in [1.165, 1.54) is 6.42 Å². The summed E-state index contributed by atoms with van der Waals surface area (Å²) in [7, 11) is 0. The van der Waals surface area contributed by atoms with Gasteiger partial charge in [-0.2, -0.15) is 0 Å². The van der Waals surface area contributed by atoms with Crippen molar-refractivity contribution in [2.75, 3.05) is 0 Å². The van der Waals surface area contributed by atoms with Crippen molar-refractivity contribution in [2.45, 2.75) is 52.0 Å². The first-order chi connectivity index (χ1) is 8.51. The van der Waals surface area contributed by atoms with Crippen LogP contribution in [0, 0.1) is 17.3 Å². The summed E-state index contributed by atoms with van der Waals surface area (Å²) in [5.41, 5.74) is 4.89. The monoisotopic (exact) mass is 253 g/mol. The van der Waals surface area contributed by atoms with Gasteiger partial charge in [-0.15, -0.1) is 0 Å². The van der Waals surface area contributed by atoms with Crippen LogP contribution >= 0.6 is 0 Å². The highest BCUT2D eigenvalue weighted by molar-refractivity contribution is 6.09. The van der Waals surface area contributed by atoms with Crippen molar-refractivity contribution in [3.8, 4) is 0 Å². The Morgan fingerprint density at radius 1 is 1.39 bits per heavy atom. The molecule has 2 saturated carbocycles. The van der Waals surface area contributed by atoms with Crippen molar-refractivity contribution in [3.05, 3.63) is 0 Å². The Labute approximate surface area is 108 Å². The summed E-state index contributed by atoms with van der Waals surface area (Å²) in [6.45, 7) is 4.43. The Kier molecular flexibility index (Phi) is 3.50. The molecule has 5 heteroatoms. The first-order valence-electron chi connectivity index (χ1n) is 6.80. The van der Waals surface area contributed by atoms with Gasteiger partial charge in [0.15, 0.2) is 5.84 Å². The number of rotatable bonds is 3. The fourth-order valence-corrected chi connectivity index (χ4v) is 2.91. The average Bonchev–Trinajstić information content (AvgIpc) is 3.15. The van der Waals surface area contributed by atoms with E-state index in [2.05, 4.69) is 24.3 Å². The lowest BCUT2D eigenvalue weighted by Crippen LogP contribution is -2.49. The van der Waals surface area contributed by atoms with Crippen molar-refractivity contribution in [1.29, 1.82) is 0 Å². The molecule has 3 unspecified atom stereocenters. The molecule has 18 heavy (non-hydrogen) atoms. The van der Waals surface area contributed by atoms with Gasteiger partial charge in [-0.05, 0) is 31.1 Å². The predicted molar refractivity (Wildman–Crippen MR) is 69.2 cm³/mol. The van der Waals surface area contributed by atoms with Crippen LogP contribution in [0.4, 0.5) is 0 Å². The van der Waals surface area contributed by atoms with Gasteiger partial charge in [0.2, 0.25) is 5.91 Å². The summed E-state index contributed by atoms with van der Waals surface area (Å²) in [4.78, 5) is 12.3. The number of oxime groups is 1. The molecule has 0 radical (unpaired) electrons. The van der Waals surface area contributed by atoms with Crippen LogP contribution in [0.15, 0.2) is 5.16 Å². The quantitative estimate of drug-likeness (QED) is 0.308. The summed E-state index contributed by atoms with van der Waals surface area (Å²) >= 11 is 0. The molecule has 2 fully saturated rings. The van der Waals surface area contributed by atoms with Crippen LogP contribution in [0.5, 0.6) is 0 Å². The number of nitrogens with zero attached hydrogens (tertiary/aromatic N) is 1. The SMILES string of the molecule is CC1CCCC(NC(=O)C2(C(N)=NO)CC2)C1C. The number of carbonyl (C=O) groups excluding carboxylic acids is 1. The molecule has 0 saturated heterocycles. The number of nitrogens with one attached hydrogen (secondary N) is 1. The first kappa shape index (κ1) is 13.2. The van der Waals surface area contributed by atoms with Crippen molar-refractivity contribution < 1.29 is 10.0 Å². The Hall–Kier alpha value is -1.26. The summed E-state index contributed by atoms with van der Waals surface area (Å²) < 4.78 is 0. The standard InChI is InChI=1S/C13H23N3O2/c1-8-4-3-5-10(9(8)2)15-12(17)13(6-7-13)11(14)16-18/h8-10,18H,3-7H2,1-2H3,(H2,14,16)(H,15,17). The number of hydrogen-bond acceptors (Lipinski definition) is 3. The molecule has 0 bridgehead atoms. The smallest absolute Gasteiger partial charge is 0.234 e. The molecule has 1 amide bonds. The van der Waals surface area contributed by atoms with Gasteiger partial charge >= 0.3 is 0 Å². The molecule has 0 spiro atoms. The normalized spacial score (nSPS) is 35.0. The van der Waals surface area contributed by atoms with Gasteiger partial charge in [0.05, 0.1) is 0 Å². The van der Waals surface area contributed by atoms with Gasteiger partial charge in [0.1, 0.15) is 5.41 Å². The number of carbonyl (C=O) groups is 1. The molecular formula is C13H23N3O2. The second-order valence-corrected chi connectivity index (χ2v) is 5.91. The third-order valence-electron chi connectivity index (χ3n) is 4.81. The molecule has 2 aliphatic rings. The molecule has 2 aliphatic carbocycles. The number of nitrogens with two attached hydrogens (primary N) is 1. The second-order valence-electron chi connectivity index (χ2n) is 5.91. The van der Waals surface area contributed by atoms with E-state index in [0.29, 0.717) is 24.7 Å². The molecule has 0 aliphatic heterocycles. The number of amides is 1. The summed E-state index contributed by atoms with van der Waals surface area (Å²) in [6, 6.07) is 0.227. The molecule has 3 atom stereocenters. The first-order valence-corrected chi connectivity index (χ1v) is 6.80. The fraction of sp³-hybridized carbons (Fsp3) is 0.846. The topological polar surface area (TPSA) is 87.7 Å². The van der Waals surface area contributed by atoms with Gasteiger partial charge in [-0.1, -0.05) is 31.8 Å². The van der Waals surface area contributed by atoms with E-state index < -0.39 is 5.41 Å². The average molecular weight is 253 g/mol. The van der Waals surface area contributed by atoms with Crippen LogP contribution in [0.1, 0.15) is 46.0 Å². The van der Waals surface area contributed by atoms with Crippen molar-refractivity contribution in [3.63, 3.8) is 0 Å². The maximum Gasteiger partial charge on any atom is 0.234 e. The van der Waals surface area contributed by atoms with E-state index in [1.54, 1.807) is 0 Å². The molecule has 0 aromatic heterocycles. The summed E-state index contributed by atoms with van der Waals surface area (Å²) in [5, 5.41) is 14.9. The van der Waals surface area contributed by atoms with E-state index in [0.717, 1.165) is 12.8 Å². The van der Waals surface area contributed by atoms with Gasteiger partial charge in [0.25, 0.3) is 0 Å². The zero-order valence-corrected chi connectivity index (χ0v) is 11.1. The van der Waals surface area contributed by atoms with Gasteiger partial charge in [-0.25, -0.2) is 0 Å². The van der Waals surface area contributed by atoms with E-state index in [-0.39, 0.29) is 17.8 Å².